The van der Waals surface area contributed by atoms with Crippen molar-refractivity contribution in [3.63, 3.8) is 0 Å². The minimum atomic E-state index is -4.47. The third kappa shape index (κ3) is 6.46. The summed E-state index contributed by atoms with van der Waals surface area (Å²) < 4.78 is 43.0. The molecule has 0 bridgehead atoms. The van der Waals surface area contributed by atoms with Gasteiger partial charge in [0, 0.05) is 67.8 Å². The van der Waals surface area contributed by atoms with Crippen molar-refractivity contribution in [1.82, 2.24) is 19.6 Å². The van der Waals surface area contributed by atoms with Crippen molar-refractivity contribution in [3.8, 4) is 0 Å². The lowest BCUT2D eigenvalue weighted by Crippen LogP contribution is -2.48. The predicted octanol–water partition coefficient (Wildman–Crippen LogP) is 4.35. The van der Waals surface area contributed by atoms with Gasteiger partial charge in [-0.05, 0) is 35.9 Å². The molecule has 4 rings (SSSR count). The van der Waals surface area contributed by atoms with Gasteiger partial charge >= 0.3 is 6.18 Å². The molecule has 1 fully saturated rings. The molecule has 1 amide bonds. The standard InChI is InChI=1S/C23H23ClF3N5OS/c24-19-6-4-16(5-7-19)14-20-29-22(34-30-20)32-12-10-31(11-13-32)9-8-28-21(33)17-2-1-3-18(15-17)23(25,26)27/h1-7,15H,8-14H2,(H,28,33). The highest BCUT2D eigenvalue weighted by Gasteiger charge is 2.31. The Bertz CT molecular complexity index is 1110. The van der Waals surface area contributed by atoms with E-state index in [0.717, 1.165) is 54.8 Å². The van der Waals surface area contributed by atoms with Gasteiger partial charge in [0.15, 0.2) is 0 Å². The topological polar surface area (TPSA) is 61.4 Å². The number of halogens is 4. The third-order valence-electron chi connectivity index (χ3n) is 5.54. The Balaban J connectivity index is 1.21. The Labute approximate surface area is 204 Å². The van der Waals surface area contributed by atoms with Gasteiger partial charge < -0.3 is 10.2 Å². The Morgan fingerprint density at radius 3 is 2.53 bits per heavy atom. The molecule has 2 heterocycles. The molecule has 11 heteroatoms. The van der Waals surface area contributed by atoms with Gasteiger partial charge in [-0.3, -0.25) is 9.69 Å². The van der Waals surface area contributed by atoms with Crippen LogP contribution in [0.15, 0.2) is 48.5 Å². The first kappa shape index (κ1) is 24.4. The molecule has 1 N–H and O–H groups in total. The maximum atomic E-state index is 12.8. The number of hydrogen-bond donors (Lipinski definition) is 1. The molecule has 180 valence electrons. The van der Waals surface area contributed by atoms with Gasteiger partial charge in [-0.2, -0.15) is 17.5 Å². The van der Waals surface area contributed by atoms with Crippen LogP contribution in [0.25, 0.3) is 0 Å². The number of alkyl halides is 3. The van der Waals surface area contributed by atoms with Crippen molar-refractivity contribution in [2.45, 2.75) is 12.6 Å². The summed E-state index contributed by atoms with van der Waals surface area (Å²) >= 11 is 7.32. The number of piperazine rings is 1. The smallest absolute Gasteiger partial charge is 0.351 e. The van der Waals surface area contributed by atoms with Crippen LogP contribution in [0.2, 0.25) is 5.02 Å². The number of amides is 1. The molecule has 0 aliphatic carbocycles. The van der Waals surface area contributed by atoms with E-state index in [2.05, 4.69) is 24.5 Å². The molecular weight excluding hydrogens is 487 g/mol. The van der Waals surface area contributed by atoms with Crippen molar-refractivity contribution in [1.29, 1.82) is 0 Å². The second-order valence-electron chi connectivity index (χ2n) is 7.96. The number of benzene rings is 2. The number of carbonyl (C=O) groups excluding carboxylic acids is 1. The fourth-order valence-electron chi connectivity index (χ4n) is 3.66. The first-order valence-electron chi connectivity index (χ1n) is 10.8. The molecule has 1 aliphatic heterocycles. The highest BCUT2D eigenvalue weighted by molar-refractivity contribution is 7.09. The lowest BCUT2D eigenvalue weighted by atomic mass is 10.1. The van der Waals surface area contributed by atoms with E-state index < -0.39 is 17.6 Å². The van der Waals surface area contributed by atoms with Gasteiger partial charge in [0.05, 0.1) is 5.56 Å². The maximum absolute atomic E-state index is 12.8. The van der Waals surface area contributed by atoms with E-state index in [-0.39, 0.29) is 5.56 Å². The fourth-order valence-corrected chi connectivity index (χ4v) is 4.52. The quantitative estimate of drug-likeness (QED) is 0.513. The van der Waals surface area contributed by atoms with Crippen LogP contribution in [0.3, 0.4) is 0 Å². The molecular formula is C23H23ClF3N5OS. The first-order chi connectivity index (χ1) is 16.3. The van der Waals surface area contributed by atoms with Crippen molar-refractivity contribution < 1.29 is 18.0 Å². The van der Waals surface area contributed by atoms with E-state index in [9.17, 15) is 18.0 Å². The van der Waals surface area contributed by atoms with Gasteiger partial charge in [-0.25, -0.2) is 4.98 Å². The van der Waals surface area contributed by atoms with Crippen LogP contribution >= 0.6 is 23.1 Å². The van der Waals surface area contributed by atoms with Gasteiger partial charge in [0.2, 0.25) is 5.13 Å². The van der Waals surface area contributed by atoms with E-state index in [0.29, 0.717) is 24.5 Å². The Morgan fingerprint density at radius 2 is 1.82 bits per heavy atom. The van der Waals surface area contributed by atoms with Gasteiger partial charge in [-0.15, -0.1) is 0 Å². The second kappa shape index (κ2) is 10.7. The molecule has 0 spiro atoms. The lowest BCUT2D eigenvalue weighted by molar-refractivity contribution is -0.137. The van der Waals surface area contributed by atoms with E-state index in [1.165, 1.54) is 23.7 Å². The molecule has 0 saturated carbocycles. The van der Waals surface area contributed by atoms with Crippen LogP contribution in [0.1, 0.15) is 27.3 Å². The molecule has 0 radical (unpaired) electrons. The zero-order valence-corrected chi connectivity index (χ0v) is 19.8. The van der Waals surface area contributed by atoms with Gasteiger partial charge in [0.25, 0.3) is 5.91 Å². The summed E-state index contributed by atoms with van der Waals surface area (Å²) in [7, 11) is 0. The van der Waals surface area contributed by atoms with Gasteiger partial charge in [-0.1, -0.05) is 29.8 Å². The highest BCUT2D eigenvalue weighted by atomic mass is 35.5. The van der Waals surface area contributed by atoms with Crippen molar-refractivity contribution in [2.75, 3.05) is 44.2 Å². The van der Waals surface area contributed by atoms with Crippen LogP contribution in [0.4, 0.5) is 18.3 Å². The van der Waals surface area contributed by atoms with Crippen LogP contribution < -0.4 is 10.2 Å². The predicted molar refractivity (Wildman–Crippen MR) is 127 cm³/mol. The largest absolute Gasteiger partial charge is 0.416 e. The summed E-state index contributed by atoms with van der Waals surface area (Å²) in [6, 6.07) is 12.1. The SMILES string of the molecule is O=C(NCCN1CCN(c2nc(Cc3ccc(Cl)cc3)ns2)CC1)c1cccc(C(F)(F)F)c1. The van der Waals surface area contributed by atoms with Gasteiger partial charge in [0.1, 0.15) is 5.82 Å². The summed E-state index contributed by atoms with van der Waals surface area (Å²) in [6.45, 7) is 4.15. The average Bonchev–Trinajstić information content (AvgIpc) is 3.29. The molecule has 2 aromatic carbocycles. The average molecular weight is 510 g/mol. The van der Waals surface area contributed by atoms with Crippen LogP contribution in [-0.2, 0) is 12.6 Å². The van der Waals surface area contributed by atoms with Crippen LogP contribution in [0, 0.1) is 0 Å². The van der Waals surface area contributed by atoms with Crippen molar-refractivity contribution in [3.05, 3.63) is 76.1 Å². The van der Waals surface area contributed by atoms with E-state index in [1.807, 2.05) is 24.3 Å². The summed E-state index contributed by atoms with van der Waals surface area (Å²) in [6.07, 6.45) is -3.82. The van der Waals surface area contributed by atoms with Crippen molar-refractivity contribution >= 4 is 34.2 Å². The molecule has 6 nitrogen and oxygen atoms in total. The zero-order valence-electron chi connectivity index (χ0n) is 18.2. The summed E-state index contributed by atoms with van der Waals surface area (Å²) in [5, 5.41) is 4.30. The second-order valence-corrected chi connectivity index (χ2v) is 9.13. The van der Waals surface area contributed by atoms with E-state index in [4.69, 9.17) is 11.6 Å². The molecule has 1 aliphatic rings. The molecule has 34 heavy (non-hydrogen) atoms. The summed E-state index contributed by atoms with van der Waals surface area (Å²) in [5.74, 6) is 0.272. The monoisotopic (exact) mass is 509 g/mol. The summed E-state index contributed by atoms with van der Waals surface area (Å²) in [4.78, 5) is 21.3. The lowest BCUT2D eigenvalue weighted by Gasteiger charge is -2.34. The Morgan fingerprint density at radius 1 is 1.09 bits per heavy atom. The summed E-state index contributed by atoms with van der Waals surface area (Å²) in [5.41, 5.74) is 0.278. The fraction of sp³-hybridized carbons (Fsp3) is 0.348. The number of rotatable bonds is 7. The minimum Gasteiger partial charge on any atom is -0.351 e. The number of carbonyl (C=O) groups is 1. The number of aromatic nitrogens is 2. The van der Waals surface area contributed by atoms with Crippen molar-refractivity contribution in [2.24, 2.45) is 0 Å². The molecule has 1 aromatic heterocycles. The van der Waals surface area contributed by atoms with Crippen LogP contribution in [0.5, 0.6) is 0 Å². The molecule has 0 unspecified atom stereocenters. The zero-order chi connectivity index (χ0) is 24.1. The van der Waals surface area contributed by atoms with Crippen LogP contribution in [-0.4, -0.2) is 59.4 Å². The van der Waals surface area contributed by atoms with E-state index in [1.54, 1.807) is 0 Å². The number of nitrogens with one attached hydrogen (secondary N) is 1. The molecule has 1 saturated heterocycles. The normalized spacial score (nSPS) is 14.9. The number of hydrogen-bond acceptors (Lipinski definition) is 6. The Kier molecular flexibility index (Phi) is 7.70. The Hall–Kier alpha value is -2.69. The molecule has 0 atom stereocenters. The molecule has 3 aromatic rings. The minimum absolute atomic E-state index is 0.00492. The highest BCUT2D eigenvalue weighted by Crippen LogP contribution is 2.29. The third-order valence-corrected chi connectivity index (χ3v) is 6.61. The first-order valence-corrected chi connectivity index (χ1v) is 11.9. The maximum Gasteiger partial charge on any atom is 0.416 e. The number of anilines is 1. The van der Waals surface area contributed by atoms with E-state index >= 15 is 0 Å². The number of nitrogens with zero attached hydrogens (tertiary/aromatic N) is 4.